The van der Waals surface area contributed by atoms with E-state index in [-0.39, 0.29) is 41.8 Å². The Hall–Kier alpha value is -0.810. The van der Waals surface area contributed by atoms with Crippen molar-refractivity contribution in [2.75, 3.05) is 19.8 Å². The Morgan fingerprint density at radius 2 is 1.55 bits per heavy atom. The molecular formula is C38H60O13. The summed E-state index contributed by atoms with van der Waals surface area (Å²) in [5.74, 6) is 2.18. The van der Waals surface area contributed by atoms with E-state index in [9.17, 15) is 35.4 Å². The van der Waals surface area contributed by atoms with E-state index in [0.29, 0.717) is 54.8 Å². The number of Topliss-reactive ketones (excluding diaryl/α,β-unsaturated/α-hetero) is 1. The SMILES string of the molecule is CC1CCC2(OC1)OC1CC3C4CC(=O)C5CC(OC6OC(COC7OCC(O)C(O)C7O)C(O)C(O)C6O)CCC5(C)C4CCC3(C)C1C2C. The number of carbonyl (C=O) groups excluding carboxylic acids is 1. The first-order chi connectivity index (χ1) is 24.2. The number of ether oxygens (including phenoxy) is 6. The zero-order valence-electron chi connectivity index (χ0n) is 30.4. The van der Waals surface area contributed by atoms with Crippen molar-refractivity contribution < 1.29 is 63.9 Å². The Morgan fingerprint density at radius 3 is 2.29 bits per heavy atom. The highest BCUT2D eigenvalue weighted by Gasteiger charge is 2.70. The lowest BCUT2D eigenvalue weighted by Crippen LogP contribution is -2.61. The molecule has 0 aromatic carbocycles. The molecule has 4 saturated heterocycles. The van der Waals surface area contributed by atoms with Crippen LogP contribution in [0.2, 0.25) is 0 Å². The molecule has 6 N–H and O–H groups in total. The number of ketones is 1. The second-order valence-electron chi connectivity index (χ2n) is 18.3. The van der Waals surface area contributed by atoms with Crippen LogP contribution in [-0.4, -0.2) is 130 Å². The molecule has 13 heteroatoms. The predicted octanol–water partition coefficient (Wildman–Crippen LogP) is 1.26. The molecule has 0 amide bonds. The van der Waals surface area contributed by atoms with Gasteiger partial charge in [-0.25, -0.2) is 0 Å². The summed E-state index contributed by atoms with van der Waals surface area (Å²) < 4.78 is 36.4. The molecule has 8 aliphatic rings. The van der Waals surface area contributed by atoms with E-state index >= 15 is 0 Å². The van der Waals surface area contributed by atoms with Crippen LogP contribution in [0.25, 0.3) is 0 Å². The van der Waals surface area contributed by atoms with E-state index in [4.69, 9.17) is 28.4 Å². The predicted molar refractivity (Wildman–Crippen MR) is 177 cm³/mol. The van der Waals surface area contributed by atoms with Crippen LogP contribution in [0, 0.1) is 52.3 Å². The summed E-state index contributed by atoms with van der Waals surface area (Å²) in [6, 6.07) is 0. The molecule has 4 aliphatic carbocycles. The van der Waals surface area contributed by atoms with Gasteiger partial charge < -0.3 is 59.1 Å². The van der Waals surface area contributed by atoms with Crippen molar-refractivity contribution in [2.24, 2.45) is 52.3 Å². The maximum absolute atomic E-state index is 14.2. The third-order valence-corrected chi connectivity index (χ3v) is 15.6. The minimum Gasteiger partial charge on any atom is -0.388 e. The van der Waals surface area contributed by atoms with Crippen LogP contribution in [0.3, 0.4) is 0 Å². The minimum atomic E-state index is -1.59. The fraction of sp³-hybridized carbons (Fsp3) is 0.974. The number of hydrogen-bond acceptors (Lipinski definition) is 13. The van der Waals surface area contributed by atoms with Gasteiger partial charge in [0, 0.05) is 24.7 Å². The monoisotopic (exact) mass is 724 g/mol. The summed E-state index contributed by atoms with van der Waals surface area (Å²) >= 11 is 0. The Labute approximate surface area is 300 Å². The van der Waals surface area contributed by atoms with E-state index in [1.54, 1.807) is 0 Å². The van der Waals surface area contributed by atoms with Gasteiger partial charge in [0.2, 0.25) is 0 Å². The summed E-state index contributed by atoms with van der Waals surface area (Å²) in [5, 5.41) is 62.1. The highest BCUT2D eigenvalue weighted by molar-refractivity contribution is 5.83. The number of hydrogen-bond donors (Lipinski definition) is 6. The maximum Gasteiger partial charge on any atom is 0.186 e. The highest BCUT2D eigenvalue weighted by atomic mass is 16.7. The van der Waals surface area contributed by atoms with E-state index in [0.717, 1.165) is 45.1 Å². The van der Waals surface area contributed by atoms with Gasteiger partial charge in [-0.2, -0.15) is 0 Å². The molecule has 0 aromatic rings. The van der Waals surface area contributed by atoms with Crippen molar-refractivity contribution in [3.63, 3.8) is 0 Å². The normalized spacial score (nSPS) is 58.5. The lowest BCUT2D eigenvalue weighted by Gasteiger charge is -2.60. The number of rotatable bonds is 5. The fourth-order valence-corrected chi connectivity index (χ4v) is 12.6. The summed E-state index contributed by atoms with van der Waals surface area (Å²) in [7, 11) is 0. The molecule has 8 fully saturated rings. The van der Waals surface area contributed by atoms with Crippen molar-refractivity contribution in [1.82, 2.24) is 0 Å². The summed E-state index contributed by atoms with van der Waals surface area (Å²) in [6.07, 6.45) is -4.98. The molecule has 1 spiro atoms. The van der Waals surface area contributed by atoms with Crippen molar-refractivity contribution in [2.45, 2.75) is 159 Å². The lowest BCUT2D eigenvalue weighted by molar-refractivity contribution is -0.330. The zero-order chi connectivity index (χ0) is 36.2. The molecule has 8 rings (SSSR count). The first-order valence-corrected chi connectivity index (χ1v) is 19.6. The Morgan fingerprint density at radius 1 is 0.804 bits per heavy atom. The average Bonchev–Trinajstić information content (AvgIpc) is 3.55. The second kappa shape index (κ2) is 13.4. The Bertz CT molecular complexity index is 1290. The molecule has 4 aliphatic heterocycles. The van der Waals surface area contributed by atoms with Crippen molar-refractivity contribution in [1.29, 1.82) is 0 Å². The van der Waals surface area contributed by atoms with Gasteiger partial charge in [-0.1, -0.05) is 27.7 Å². The molecule has 51 heavy (non-hydrogen) atoms. The smallest absolute Gasteiger partial charge is 0.186 e. The standard InChI is InChI=1S/C38H60O13/c1-17-5-10-38(48-14-17)18(2)28-26(51-38)13-22-20-12-24(39)23-11-19(6-8-36(23,3)21(20)7-9-37(22,28)4)49-35-33(45)31(43)30(42)27(50-35)16-47-34-32(44)29(41)25(40)15-46-34/h17-23,25-35,40-45H,5-16H2,1-4H3. The molecule has 4 heterocycles. The van der Waals surface area contributed by atoms with E-state index in [1.807, 2.05) is 0 Å². The molecule has 0 bridgehead atoms. The topological polar surface area (TPSA) is 194 Å². The summed E-state index contributed by atoms with van der Waals surface area (Å²) in [6.45, 7) is 9.54. The van der Waals surface area contributed by atoms with Gasteiger partial charge in [0.05, 0.1) is 32.0 Å². The lowest BCUT2D eigenvalue weighted by atomic mass is 9.44. The van der Waals surface area contributed by atoms with Gasteiger partial charge in [-0.3, -0.25) is 4.79 Å². The molecule has 13 nitrogen and oxygen atoms in total. The fourth-order valence-electron chi connectivity index (χ4n) is 12.6. The van der Waals surface area contributed by atoms with Crippen molar-refractivity contribution >= 4 is 5.78 Å². The average molecular weight is 725 g/mol. The van der Waals surface area contributed by atoms with Crippen LogP contribution in [0.15, 0.2) is 0 Å². The third-order valence-electron chi connectivity index (χ3n) is 15.6. The van der Waals surface area contributed by atoms with Crippen LogP contribution < -0.4 is 0 Å². The van der Waals surface area contributed by atoms with Crippen LogP contribution in [0.4, 0.5) is 0 Å². The maximum atomic E-state index is 14.2. The van der Waals surface area contributed by atoms with Gasteiger partial charge in [0.25, 0.3) is 0 Å². The van der Waals surface area contributed by atoms with E-state index < -0.39 is 67.2 Å². The van der Waals surface area contributed by atoms with Gasteiger partial charge in [-0.05, 0) is 85.4 Å². The highest BCUT2D eigenvalue weighted by Crippen LogP contribution is 2.71. The quantitative estimate of drug-likeness (QED) is 0.222. The first kappa shape index (κ1) is 37.1. The summed E-state index contributed by atoms with van der Waals surface area (Å²) in [4.78, 5) is 14.2. The van der Waals surface area contributed by atoms with E-state index in [1.165, 1.54) is 0 Å². The minimum absolute atomic E-state index is 0.118. The molecule has 0 radical (unpaired) electrons. The molecule has 4 saturated carbocycles. The third kappa shape index (κ3) is 5.91. The van der Waals surface area contributed by atoms with Crippen LogP contribution in [0.5, 0.6) is 0 Å². The molecular weight excluding hydrogens is 664 g/mol. The van der Waals surface area contributed by atoms with Crippen LogP contribution in [0.1, 0.15) is 85.5 Å². The van der Waals surface area contributed by atoms with Gasteiger partial charge in [0.15, 0.2) is 18.4 Å². The largest absolute Gasteiger partial charge is 0.388 e. The number of aliphatic hydroxyl groups is 6. The molecule has 21 atom stereocenters. The van der Waals surface area contributed by atoms with E-state index in [2.05, 4.69) is 27.7 Å². The first-order valence-electron chi connectivity index (χ1n) is 19.6. The number of carbonyl (C=O) groups is 1. The Balaban J connectivity index is 0.910. The van der Waals surface area contributed by atoms with Crippen LogP contribution >= 0.6 is 0 Å². The van der Waals surface area contributed by atoms with Crippen LogP contribution in [-0.2, 0) is 33.2 Å². The second-order valence-corrected chi connectivity index (χ2v) is 18.3. The molecule has 21 unspecified atom stereocenters. The number of fused-ring (bicyclic) bond motifs is 7. The van der Waals surface area contributed by atoms with Gasteiger partial charge in [-0.15, -0.1) is 0 Å². The number of aliphatic hydroxyl groups excluding tert-OH is 6. The molecule has 290 valence electrons. The van der Waals surface area contributed by atoms with Gasteiger partial charge in [0.1, 0.15) is 48.5 Å². The van der Waals surface area contributed by atoms with Gasteiger partial charge >= 0.3 is 0 Å². The Kier molecular flexibility index (Phi) is 9.79. The van der Waals surface area contributed by atoms with Crippen molar-refractivity contribution in [3.8, 4) is 0 Å². The zero-order valence-corrected chi connectivity index (χ0v) is 30.4. The van der Waals surface area contributed by atoms with Crippen molar-refractivity contribution in [3.05, 3.63) is 0 Å². The summed E-state index contributed by atoms with van der Waals surface area (Å²) in [5.41, 5.74) is -0.0420. The molecule has 0 aromatic heterocycles.